The molecule has 0 aliphatic carbocycles. The summed E-state index contributed by atoms with van der Waals surface area (Å²) < 4.78 is 5.85. The number of para-hydroxylation sites is 2. The van der Waals surface area contributed by atoms with Crippen LogP contribution in [-0.4, -0.2) is 12.0 Å². The van der Waals surface area contributed by atoms with Crippen molar-refractivity contribution in [2.45, 2.75) is 0 Å². The third kappa shape index (κ3) is 2.58. The molecule has 0 saturated carbocycles. The van der Waals surface area contributed by atoms with Crippen molar-refractivity contribution in [1.82, 2.24) is 4.98 Å². The third-order valence-corrected chi connectivity index (χ3v) is 3.29. The highest BCUT2D eigenvalue weighted by atomic mass is 16.3. The second-order valence-corrected chi connectivity index (χ2v) is 4.63. The quantitative estimate of drug-likeness (QED) is 0.714. The molecule has 1 aromatic heterocycles. The van der Waals surface area contributed by atoms with Crippen LogP contribution in [0.5, 0.6) is 0 Å². The number of allylic oxidation sites excluding steroid dienone is 2. The lowest BCUT2D eigenvalue weighted by molar-refractivity contribution is 0.585. The highest BCUT2D eigenvalue weighted by Gasteiger charge is 2.12. The molecule has 0 atom stereocenters. The monoisotopic (exact) mass is 276 g/mol. The van der Waals surface area contributed by atoms with Gasteiger partial charge >= 0.3 is 0 Å². The minimum Gasteiger partial charge on any atom is -0.436 e. The Kier molecular flexibility index (Phi) is 3.56. The summed E-state index contributed by atoms with van der Waals surface area (Å²) >= 11 is 0. The van der Waals surface area contributed by atoms with Crippen molar-refractivity contribution < 1.29 is 4.42 Å². The number of fused-ring (bicyclic) bond motifs is 1. The molecule has 0 bridgehead atoms. The van der Waals surface area contributed by atoms with E-state index in [0.29, 0.717) is 5.89 Å². The molecule has 0 fully saturated rings. The Morgan fingerprint density at radius 1 is 1.14 bits per heavy atom. The van der Waals surface area contributed by atoms with Gasteiger partial charge < -0.3 is 9.73 Å². The van der Waals surface area contributed by atoms with E-state index in [-0.39, 0.29) is 0 Å². The number of nitrogens with zero attached hydrogens (tertiary/aromatic N) is 1. The van der Waals surface area contributed by atoms with E-state index >= 15 is 0 Å². The van der Waals surface area contributed by atoms with E-state index in [4.69, 9.17) is 4.42 Å². The standard InChI is InChI=1S/C18H16N2O/c1-3-6-15(13-9-11-14(19-2)12-10-13)18-20-16-7-4-5-8-17(16)21-18/h3-12,19H,1H2,2H3. The Labute approximate surface area is 123 Å². The fourth-order valence-corrected chi connectivity index (χ4v) is 2.21. The predicted octanol–water partition coefficient (Wildman–Crippen LogP) is 4.49. The summed E-state index contributed by atoms with van der Waals surface area (Å²) in [6.45, 7) is 3.78. The lowest BCUT2D eigenvalue weighted by Crippen LogP contribution is -1.91. The summed E-state index contributed by atoms with van der Waals surface area (Å²) in [6, 6.07) is 15.9. The molecule has 0 spiro atoms. The maximum atomic E-state index is 5.85. The van der Waals surface area contributed by atoms with Crippen LogP contribution in [0.15, 0.2) is 71.7 Å². The van der Waals surface area contributed by atoms with Crippen molar-refractivity contribution in [1.29, 1.82) is 0 Å². The molecule has 3 heteroatoms. The number of hydrogen-bond acceptors (Lipinski definition) is 3. The second-order valence-electron chi connectivity index (χ2n) is 4.63. The molecule has 1 N–H and O–H groups in total. The molecule has 0 amide bonds. The Balaban J connectivity index is 2.08. The molecule has 0 radical (unpaired) electrons. The molecular weight excluding hydrogens is 260 g/mol. The van der Waals surface area contributed by atoms with Crippen LogP contribution in [-0.2, 0) is 0 Å². The predicted molar refractivity (Wildman–Crippen MR) is 87.3 cm³/mol. The number of nitrogens with one attached hydrogen (secondary N) is 1. The van der Waals surface area contributed by atoms with Crippen molar-refractivity contribution >= 4 is 22.4 Å². The third-order valence-electron chi connectivity index (χ3n) is 3.29. The smallest absolute Gasteiger partial charge is 0.227 e. The highest BCUT2D eigenvalue weighted by molar-refractivity contribution is 5.82. The van der Waals surface area contributed by atoms with Crippen LogP contribution < -0.4 is 5.32 Å². The first kappa shape index (κ1) is 13.2. The van der Waals surface area contributed by atoms with Crippen LogP contribution in [0.2, 0.25) is 0 Å². The van der Waals surface area contributed by atoms with Gasteiger partial charge in [0.15, 0.2) is 5.58 Å². The maximum absolute atomic E-state index is 5.85. The van der Waals surface area contributed by atoms with Gasteiger partial charge in [-0.3, -0.25) is 0 Å². The van der Waals surface area contributed by atoms with Crippen LogP contribution in [0.4, 0.5) is 5.69 Å². The summed E-state index contributed by atoms with van der Waals surface area (Å²) in [5.41, 5.74) is 4.67. The Hall–Kier alpha value is -2.81. The van der Waals surface area contributed by atoms with E-state index in [2.05, 4.69) is 16.9 Å². The van der Waals surface area contributed by atoms with Gasteiger partial charge in [0.05, 0.1) is 0 Å². The molecule has 3 rings (SSSR count). The van der Waals surface area contributed by atoms with Crippen LogP contribution in [0, 0.1) is 0 Å². The van der Waals surface area contributed by atoms with Crippen molar-refractivity contribution in [3.63, 3.8) is 0 Å². The lowest BCUT2D eigenvalue weighted by Gasteiger charge is -2.05. The first-order valence-electron chi connectivity index (χ1n) is 6.78. The van der Waals surface area contributed by atoms with Gasteiger partial charge in [0, 0.05) is 18.3 Å². The van der Waals surface area contributed by atoms with E-state index in [0.717, 1.165) is 27.9 Å². The van der Waals surface area contributed by atoms with Crippen LogP contribution in [0.3, 0.4) is 0 Å². The van der Waals surface area contributed by atoms with Gasteiger partial charge in [-0.15, -0.1) is 0 Å². The number of aromatic nitrogens is 1. The van der Waals surface area contributed by atoms with E-state index in [9.17, 15) is 0 Å². The summed E-state index contributed by atoms with van der Waals surface area (Å²) in [5.74, 6) is 0.605. The van der Waals surface area contributed by atoms with Crippen LogP contribution in [0.1, 0.15) is 11.5 Å². The fraction of sp³-hybridized carbons (Fsp3) is 0.0556. The summed E-state index contributed by atoms with van der Waals surface area (Å²) in [6.07, 6.45) is 3.66. The minimum atomic E-state index is 0.605. The topological polar surface area (TPSA) is 38.1 Å². The van der Waals surface area contributed by atoms with Gasteiger partial charge in [0.1, 0.15) is 5.52 Å². The van der Waals surface area contributed by atoms with Gasteiger partial charge in [-0.25, -0.2) is 4.98 Å². The lowest BCUT2D eigenvalue weighted by atomic mass is 10.0. The molecule has 0 unspecified atom stereocenters. The average molecular weight is 276 g/mol. The Morgan fingerprint density at radius 2 is 1.90 bits per heavy atom. The molecule has 104 valence electrons. The number of benzene rings is 2. The van der Waals surface area contributed by atoms with Gasteiger partial charge in [0.25, 0.3) is 0 Å². The summed E-state index contributed by atoms with van der Waals surface area (Å²) in [4.78, 5) is 4.55. The molecule has 21 heavy (non-hydrogen) atoms. The van der Waals surface area contributed by atoms with Crippen LogP contribution in [0.25, 0.3) is 16.7 Å². The molecule has 1 heterocycles. The molecule has 0 saturated heterocycles. The molecule has 0 aliphatic heterocycles. The van der Waals surface area contributed by atoms with E-state index in [1.54, 1.807) is 6.08 Å². The Morgan fingerprint density at radius 3 is 2.57 bits per heavy atom. The van der Waals surface area contributed by atoms with Crippen LogP contribution >= 0.6 is 0 Å². The van der Waals surface area contributed by atoms with E-state index in [1.165, 1.54) is 0 Å². The van der Waals surface area contributed by atoms with Gasteiger partial charge in [-0.1, -0.05) is 36.9 Å². The van der Waals surface area contributed by atoms with Crippen molar-refractivity contribution in [2.24, 2.45) is 0 Å². The number of oxazole rings is 1. The zero-order valence-electron chi connectivity index (χ0n) is 11.8. The zero-order valence-corrected chi connectivity index (χ0v) is 11.8. The SMILES string of the molecule is C=CC=C(c1ccc(NC)cc1)c1nc2ccccc2o1. The molecule has 0 aliphatic rings. The van der Waals surface area contributed by atoms with Gasteiger partial charge in [-0.2, -0.15) is 0 Å². The molecular formula is C18H16N2O. The number of hydrogen-bond donors (Lipinski definition) is 1. The van der Waals surface area contributed by atoms with Crippen molar-refractivity contribution in [3.8, 4) is 0 Å². The summed E-state index contributed by atoms with van der Waals surface area (Å²) in [5, 5.41) is 3.11. The maximum Gasteiger partial charge on any atom is 0.227 e. The van der Waals surface area contributed by atoms with Gasteiger partial charge in [0.2, 0.25) is 5.89 Å². The Bertz CT molecular complexity index is 764. The van der Waals surface area contributed by atoms with Crippen molar-refractivity contribution in [2.75, 3.05) is 12.4 Å². The largest absolute Gasteiger partial charge is 0.436 e. The normalized spacial score (nSPS) is 11.6. The van der Waals surface area contributed by atoms with E-state index < -0.39 is 0 Å². The first-order chi connectivity index (χ1) is 10.3. The molecule has 3 aromatic rings. The number of anilines is 1. The first-order valence-corrected chi connectivity index (χ1v) is 6.78. The number of rotatable bonds is 4. The van der Waals surface area contributed by atoms with Gasteiger partial charge in [-0.05, 0) is 35.9 Å². The zero-order chi connectivity index (χ0) is 14.7. The fourth-order valence-electron chi connectivity index (χ4n) is 2.21. The second kappa shape index (κ2) is 5.67. The van der Waals surface area contributed by atoms with Crippen molar-refractivity contribution in [3.05, 3.63) is 78.7 Å². The van der Waals surface area contributed by atoms with E-state index in [1.807, 2.05) is 61.7 Å². The molecule has 2 aromatic carbocycles. The molecule has 3 nitrogen and oxygen atoms in total. The minimum absolute atomic E-state index is 0.605. The summed E-state index contributed by atoms with van der Waals surface area (Å²) in [7, 11) is 1.90. The average Bonchev–Trinajstić information content (AvgIpc) is 2.96. The highest BCUT2D eigenvalue weighted by Crippen LogP contribution is 2.27.